The average molecular weight is 936 g/mol. The monoisotopic (exact) mass is 935 g/mol. The van der Waals surface area contributed by atoms with Crippen LogP contribution in [-0.2, 0) is 25.6 Å². The molecular weight excluding hydrogens is 893 g/mol. The summed E-state index contributed by atoms with van der Waals surface area (Å²) < 4.78 is 183. The molecule has 358 valence electrons. The fourth-order valence-electron chi connectivity index (χ4n) is 5.21. The van der Waals surface area contributed by atoms with Crippen molar-refractivity contribution < 1.29 is 122 Å². The molecule has 1 aromatic rings. The molecule has 1 aliphatic rings. The van der Waals surface area contributed by atoms with Crippen LogP contribution in [0.15, 0.2) is 24.3 Å². The molecule has 0 unspecified atom stereocenters. The van der Waals surface area contributed by atoms with Gasteiger partial charge >= 0.3 is 35.8 Å². The van der Waals surface area contributed by atoms with Gasteiger partial charge in [-0.15, -0.1) is 0 Å². The number of aliphatic hydroxyl groups is 8. The van der Waals surface area contributed by atoms with Gasteiger partial charge in [0.05, 0.1) is 19.8 Å². The summed E-state index contributed by atoms with van der Waals surface area (Å²) in [4.78, 5) is 24.7. The molecule has 0 saturated carbocycles. The normalized spacial score (nSPS) is 23.3. The maximum absolute atomic E-state index is 14.0. The quantitative estimate of drug-likeness (QED) is 0.0255. The van der Waals surface area contributed by atoms with E-state index in [0.717, 1.165) is 6.21 Å². The molecular formula is C33H42F13N3O13. The second-order valence-corrected chi connectivity index (χ2v) is 14.5. The summed E-state index contributed by atoms with van der Waals surface area (Å²) in [6.07, 6.45) is -29.6. The van der Waals surface area contributed by atoms with Gasteiger partial charge in [-0.3, -0.25) is 9.59 Å². The Labute approximate surface area is 340 Å². The number of rotatable bonds is 21. The molecule has 16 nitrogen and oxygen atoms in total. The third-order valence-corrected chi connectivity index (χ3v) is 9.33. The minimum absolute atomic E-state index is 0.0878. The first-order chi connectivity index (χ1) is 28.1. The first-order valence-corrected chi connectivity index (χ1v) is 17.6. The van der Waals surface area contributed by atoms with E-state index in [4.69, 9.17) is 9.47 Å². The first kappa shape index (κ1) is 54.5. The van der Waals surface area contributed by atoms with E-state index in [1.54, 1.807) is 0 Å². The topological polar surface area (TPSA) is 265 Å². The number of nitrogens with one attached hydrogen (secondary N) is 2. The summed E-state index contributed by atoms with van der Waals surface area (Å²) in [7, 11) is 0. The van der Waals surface area contributed by atoms with Gasteiger partial charge in [-0.25, -0.2) is 4.74 Å². The number of aliphatic hydroxyl groups excluding tert-OH is 8. The van der Waals surface area contributed by atoms with Gasteiger partial charge < -0.3 is 66.2 Å². The Kier molecular flexibility index (Phi) is 17.6. The number of alkyl halides is 13. The predicted molar refractivity (Wildman–Crippen MR) is 178 cm³/mol. The van der Waals surface area contributed by atoms with Crippen molar-refractivity contribution in [2.75, 3.05) is 19.8 Å². The molecule has 0 radical (unpaired) electrons. The first-order valence-electron chi connectivity index (χ1n) is 17.6. The summed E-state index contributed by atoms with van der Waals surface area (Å²) >= 11 is 0. The zero-order valence-electron chi connectivity index (χ0n) is 31.8. The molecule has 10 N–H and O–H groups in total. The summed E-state index contributed by atoms with van der Waals surface area (Å²) in [6.45, 7) is -0.711. The molecule has 62 heavy (non-hydrogen) atoms. The fraction of sp³-hybridized carbons (Fsp3) is 0.727. The predicted octanol–water partition coefficient (Wildman–Crippen LogP) is -0.0941. The van der Waals surface area contributed by atoms with Crippen LogP contribution in [-0.4, -0.2) is 180 Å². The van der Waals surface area contributed by atoms with Crippen LogP contribution in [0.5, 0.6) is 0 Å². The molecule has 1 saturated heterocycles. The SMILES string of the molecule is CC(C)(CNC(=O)[C@H](O)[C@@H](O)[C@H](O[C@@H]1O[C@H](CO)[C@H](O)[C@H](O)[C@H]1O)[C@H](O)CO)/[N+]([O-])=C/c1ccc(CNC(=O)CCC(F)(F)C(F)(F)C(F)(F)C(F)(F)C(F)(F)C(F)(F)F)cc1. The fourth-order valence-corrected chi connectivity index (χ4v) is 5.21. The van der Waals surface area contributed by atoms with Gasteiger partial charge in [0.25, 0.3) is 5.91 Å². The number of amides is 2. The summed E-state index contributed by atoms with van der Waals surface area (Å²) in [6, 6.07) is 4.78. The standard InChI is InChI=1S/C33H42F13N3O13/c1-27(2,13-48-25(59)22(57)21(56)24(16(52)11-50)62-26-23(58)20(55)19(54)17(12-51)61-26)49(60)10-15-5-3-14(4-6-15)9-47-18(53)7-8-28(34,35)29(36,37)30(38,39)31(40,41)32(42,43)33(44,45)46/h3-6,10,16-17,19-24,26,50-52,54-58H,7-9,11-13H2,1-2H3,(H,47,53)(H,48,59)/b49-10-/t16-,17-,19+,20+,21-,22-,23-,24-,26+/m1/s1. The minimum Gasteiger partial charge on any atom is -0.623 e. The number of carbonyl (C=O) groups is 2. The Hall–Kier alpha value is -3.68. The van der Waals surface area contributed by atoms with Crippen molar-refractivity contribution in [1.29, 1.82) is 0 Å². The van der Waals surface area contributed by atoms with E-state index < -0.39 is 147 Å². The highest BCUT2D eigenvalue weighted by Gasteiger charge is 2.90. The number of halogens is 13. The van der Waals surface area contributed by atoms with Crippen LogP contribution in [0, 0.1) is 5.21 Å². The van der Waals surface area contributed by atoms with E-state index in [1.165, 1.54) is 38.1 Å². The van der Waals surface area contributed by atoms with Crippen LogP contribution in [0.25, 0.3) is 0 Å². The van der Waals surface area contributed by atoms with Gasteiger partial charge in [-0.2, -0.15) is 57.1 Å². The maximum Gasteiger partial charge on any atom is 0.460 e. The van der Waals surface area contributed by atoms with Crippen LogP contribution in [0.3, 0.4) is 0 Å². The second-order valence-electron chi connectivity index (χ2n) is 14.5. The number of hydrogen-bond acceptors (Lipinski definition) is 13. The lowest BCUT2D eigenvalue weighted by Crippen LogP contribution is -2.70. The van der Waals surface area contributed by atoms with Gasteiger partial charge in [-0.05, 0) is 17.7 Å². The van der Waals surface area contributed by atoms with Gasteiger partial charge in [-0.1, -0.05) is 12.1 Å². The molecule has 1 aliphatic heterocycles. The zero-order valence-corrected chi connectivity index (χ0v) is 31.8. The van der Waals surface area contributed by atoms with Crippen LogP contribution in [0.4, 0.5) is 57.1 Å². The molecule has 0 spiro atoms. The van der Waals surface area contributed by atoms with Gasteiger partial charge in [0.1, 0.15) is 42.7 Å². The van der Waals surface area contributed by atoms with Crippen LogP contribution >= 0.6 is 0 Å². The Balaban J connectivity index is 2.02. The molecule has 0 aromatic heterocycles. The highest BCUT2D eigenvalue weighted by atomic mass is 19.4. The summed E-state index contributed by atoms with van der Waals surface area (Å²) in [5.74, 6) is -40.9. The lowest BCUT2D eigenvalue weighted by molar-refractivity contribution is -0.533. The highest BCUT2D eigenvalue weighted by molar-refractivity contribution is 5.81. The average Bonchev–Trinajstić information content (AvgIpc) is 3.19. The molecule has 0 bridgehead atoms. The van der Waals surface area contributed by atoms with E-state index in [2.05, 4.69) is 5.32 Å². The van der Waals surface area contributed by atoms with Crippen molar-refractivity contribution in [3.05, 3.63) is 40.6 Å². The van der Waals surface area contributed by atoms with Crippen molar-refractivity contribution in [3.8, 4) is 0 Å². The van der Waals surface area contributed by atoms with Gasteiger partial charge in [0.2, 0.25) is 5.91 Å². The van der Waals surface area contributed by atoms with Crippen molar-refractivity contribution in [2.45, 2.75) is 130 Å². The van der Waals surface area contributed by atoms with Crippen molar-refractivity contribution >= 4 is 18.0 Å². The van der Waals surface area contributed by atoms with Crippen molar-refractivity contribution in [2.24, 2.45) is 0 Å². The minimum atomic E-state index is -8.07. The molecule has 1 aromatic carbocycles. The van der Waals surface area contributed by atoms with Gasteiger partial charge in [0.15, 0.2) is 24.1 Å². The number of carbonyl (C=O) groups excluding carboxylic acids is 2. The molecule has 2 amide bonds. The Morgan fingerprint density at radius 2 is 1.35 bits per heavy atom. The Morgan fingerprint density at radius 3 is 1.85 bits per heavy atom. The number of hydrogen-bond donors (Lipinski definition) is 10. The number of benzene rings is 1. The van der Waals surface area contributed by atoms with E-state index in [0.29, 0.717) is 0 Å². The van der Waals surface area contributed by atoms with E-state index in [-0.39, 0.29) is 15.9 Å². The summed E-state index contributed by atoms with van der Waals surface area (Å²) in [5, 5.41) is 97.1. The highest BCUT2D eigenvalue weighted by Crippen LogP contribution is 2.60. The number of hydroxylamine groups is 1. The lowest BCUT2D eigenvalue weighted by atomic mass is 9.92. The Bertz CT molecular complexity index is 1690. The number of ether oxygens (including phenoxy) is 2. The Morgan fingerprint density at radius 1 is 0.823 bits per heavy atom. The third kappa shape index (κ3) is 11.5. The molecule has 2 rings (SSSR count). The van der Waals surface area contributed by atoms with E-state index in [1.807, 2.05) is 5.32 Å². The maximum atomic E-state index is 14.0. The molecule has 1 heterocycles. The molecule has 29 heteroatoms. The van der Waals surface area contributed by atoms with Crippen molar-refractivity contribution in [1.82, 2.24) is 10.6 Å². The smallest absolute Gasteiger partial charge is 0.460 e. The largest absolute Gasteiger partial charge is 0.623 e. The van der Waals surface area contributed by atoms with Crippen LogP contribution < -0.4 is 10.6 Å². The second kappa shape index (κ2) is 20.0. The molecule has 9 atom stereocenters. The van der Waals surface area contributed by atoms with Crippen LogP contribution in [0.2, 0.25) is 0 Å². The van der Waals surface area contributed by atoms with E-state index >= 15 is 0 Å². The van der Waals surface area contributed by atoms with Gasteiger partial charge in [0, 0.05) is 38.8 Å². The number of nitrogens with zero attached hydrogens (tertiary/aromatic N) is 1. The van der Waals surface area contributed by atoms with Crippen molar-refractivity contribution in [3.63, 3.8) is 0 Å². The summed E-state index contributed by atoms with van der Waals surface area (Å²) in [5.41, 5.74) is -1.38. The zero-order chi connectivity index (χ0) is 48.2. The lowest BCUT2D eigenvalue weighted by Gasteiger charge is -2.42. The van der Waals surface area contributed by atoms with E-state index in [9.17, 15) is 113 Å². The molecule has 1 fully saturated rings. The third-order valence-electron chi connectivity index (χ3n) is 9.33. The van der Waals surface area contributed by atoms with Crippen LogP contribution in [0.1, 0.15) is 37.8 Å². The molecule has 0 aliphatic carbocycles.